The maximum absolute atomic E-state index is 11.6. The lowest BCUT2D eigenvalue weighted by molar-refractivity contribution is 0.435. The third-order valence-corrected chi connectivity index (χ3v) is 5.07. The fraction of sp³-hybridized carbons (Fsp3) is 0.538. The van der Waals surface area contributed by atoms with Crippen LogP contribution >= 0.6 is 0 Å². The van der Waals surface area contributed by atoms with E-state index in [4.69, 9.17) is 10.9 Å². The molecule has 3 unspecified atom stereocenters. The first-order valence-corrected chi connectivity index (χ1v) is 8.02. The molecule has 106 valence electrons. The molecule has 0 radical (unpaired) electrons. The molecule has 2 rings (SSSR count). The minimum atomic E-state index is -3.77. The number of benzene rings is 1. The Morgan fingerprint density at radius 1 is 1.26 bits per heavy atom. The predicted octanol–water partition coefficient (Wildman–Crippen LogP) is 1.76. The van der Waals surface area contributed by atoms with Crippen LogP contribution in [0.1, 0.15) is 26.7 Å². The van der Waals surface area contributed by atoms with Crippen LogP contribution in [-0.2, 0) is 10.0 Å². The Bertz CT molecular complexity index is 571. The Balaban J connectivity index is 2.31. The topological polar surface area (TPSA) is 98.2 Å². The fourth-order valence-electron chi connectivity index (χ4n) is 2.66. The van der Waals surface area contributed by atoms with Gasteiger partial charge in [0.05, 0.1) is 5.69 Å². The minimum absolute atomic E-state index is 0.0688. The Kier molecular flexibility index (Phi) is 3.73. The van der Waals surface area contributed by atoms with E-state index in [2.05, 4.69) is 19.2 Å². The van der Waals surface area contributed by atoms with Crippen molar-refractivity contribution in [3.8, 4) is 0 Å². The molecule has 6 heteroatoms. The molecule has 0 bridgehead atoms. The molecule has 1 aromatic carbocycles. The maximum atomic E-state index is 11.6. The van der Waals surface area contributed by atoms with Crippen molar-refractivity contribution in [1.29, 1.82) is 0 Å². The van der Waals surface area contributed by atoms with Gasteiger partial charge in [0.2, 0.25) is 10.0 Å². The Labute approximate surface area is 114 Å². The first-order chi connectivity index (χ1) is 8.79. The lowest BCUT2D eigenvalue weighted by atomic mass is 9.97. The fourth-order valence-corrected chi connectivity index (χ4v) is 3.40. The zero-order valence-corrected chi connectivity index (χ0v) is 12.1. The van der Waals surface area contributed by atoms with Crippen molar-refractivity contribution in [2.24, 2.45) is 17.0 Å². The highest BCUT2D eigenvalue weighted by Gasteiger charge is 2.30. The third-order valence-electron chi connectivity index (χ3n) is 4.12. The summed E-state index contributed by atoms with van der Waals surface area (Å²) in [6.45, 7) is 4.40. The molecule has 5 N–H and O–H groups in total. The average molecular weight is 283 g/mol. The van der Waals surface area contributed by atoms with Gasteiger partial charge in [-0.2, -0.15) is 0 Å². The molecule has 3 atom stereocenters. The number of nitrogen functional groups attached to an aromatic ring is 1. The van der Waals surface area contributed by atoms with Gasteiger partial charge in [-0.15, -0.1) is 0 Å². The number of nitrogens with one attached hydrogen (secondary N) is 1. The number of hydrogen-bond donors (Lipinski definition) is 3. The van der Waals surface area contributed by atoms with E-state index in [1.54, 1.807) is 12.1 Å². The minimum Gasteiger partial charge on any atom is -0.399 e. The van der Waals surface area contributed by atoms with Crippen molar-refractivity contribution in [2.75, 3.05) is 11.1 Å². The van der Waals surface area contributed by atoms with Crippen molar-refractivity contribution < 1.29 is 8.42 Å². The second kappa shape index (κ2) is 5.02. The molecule has 0 amide bonds. The summed E-state index contributed by atoms with van der Waals surface area (Å²) in [6.07, 6.45) is 2.19. The summed E-state index contributed by atoms with van der Waals surface area (Å²) >= 11 is 0. The van der Waals surface area contributed by atoms with Gasteiger partial charge in [0.1, 0.15) is 4.90 Å². The predicted molar refractivity (Wildman–Crippen MR) is 77.2 cm³/mol. The van der Waals surface area contributed by atoms with Crippen LogP contribution in [0.25, 0.3) is 0 Å². The van der Waals surface area contributed by atoms with Crippen LogP contribution in [0.4, 0.5) is 11.4 Å². The van der Waals surface area contributed by atoms with Crippen LogP contribution in [-0.4, -0.2) is 14.5 Å². The summed E-state index contributed by atoms with van der Waals surface area (Å²) in [5.74, 6) is 1.15. The number of anilines is 2. The summed E-state index contributed by atoms with van der Waals surface area (Å²) in [5.41, 5.74) is 6.57. The van der Waals surface area contributed by atoms with Crippen LogP contribution < -0.4 is 16.2 Å². The van der Waals surface area contributed by atoms with E-state index in [9.17, 15) is 8.42 Å². The van der Waals surface area contributed by atoms with Gasteiger partial charge in [-0.25, -0.2) is 13.6 Å². The van der Waals surface area contributed by atoms with E-state index < -0.39 is 10.0 Å². The molecule has 1 saturated carbocycles. The summed E-state index contributed by atoms with van der Waals surface area (Å²) in [6, 6.07) is 5.05. The molecule has 5 nitrogen and oxygen atoms in total. The molecule has 1 aliphatic rings. The quantitative estimate of drug-likeness (QED) is 0.736. The molecule has 0 spiro atoms. The summed E-state index contributed by atoms with van der Waals surface area (Å²) < 4.78 is 23.2. The van der Waals surface area contributed by atoms with Gasteiger partial charge >= 0.3 is 0 Å². The second-order valence-electron chi connectivity index (χ2n) is 5.47. The van der Waals surface area contributed by atoms with Gasteiger partial charge < -0.3 is 11.1 Å². The van der Waals surface area contributed by atoms with Crippen molar-refractivity contribution in [2.45, 2.75) is 37.6 Å². The molecular weight excluding hydrogens is 262 g/mol. The standard InChI is InChI=1S/C13H21N3O2S/c1-8-3-5-11(9(8)2)16-12-6-4-10(14)7-13(12)19(15,17)18/h4,6-9,11,16H,3,5,14H2,1-2H3,(H2,15,17,18). The van der Waals surface area contributed by atoms with Gasteiger partial charge in [-0.1, -0.05) is 13.8 Å². The highest BCUT2D eigenvalue weighted by Crippen LogP contribution is 2.34. The van der Waals surface area contributed by atoms with Crippen molar-refractivity contribution in [1.82, 2.24) is 0 Å². The average Bonchev–Trinajstić information content (AvgIpc) is 2.62. The van der Waals surface area contributed by atoms with E-state index in [-0.39, 0.29) is 10.9 Å². The maximum Gasteiger partial charge on any atom is 0.240 e. The van der Waals surface area contributed by atoms with Crippen LogP contribution in [0.5, 0.6) is 0 Å². The summed E-state index contributed by atoms with van der Waals surface area (Å²) in [4.78, 5) is 0.0688. The molecule has 0 heterocycles. The normalized spacial score (nSPS) is 27.4. The number of primary sulfonamides is 1. The number of rotatable bonds is 3. The van der Waals surface area contributed by atoms with Crippen molar-refractivity contribution >= 4 is 21.4 Å². The molecule has 19 heavy (non-hydrogen) atoms. The third kappa shape index (κ3) is 3.01. The lowest BCUT2D eigenvalue weighted by Crippen LogP contribution is -2.26. The van der Waals surface area contributed by atoms with E-state index in [0.29, 0.717) is 23.2 Å². The zero-order valence-electron chi connectivity index (χ0n) is 11.3. The van der Waals surface area contributed by atoms with E-state index in [1.807, 2.05) is 0 Å². The highest BCUT2D eigenvalue weighted by molar-refractivity contribution is 7.89. The molecule has 1 aliphatic carbocycles. The lowest BCUT2D eigenvalue weighted by Gasteiger charge is -2.22. The first kappa shape index (κ1) is 14.1. The van der Waals surface area contributed by atoms with E-state index in [1.165, 1.54) is 6.07 Å². The van der Waals surface area contributed by atoms with Gasteiger partial charge in [-0.05, 0) is 42.9 Å². The first-order valence-electron chi connectivity index (χ1n) is 6.48. The molecule has 1 aromatic rings. The van der Waals surface area contributed by atoms with Gasteiger partial charge in [-0.3, -0.25) is 0 Å². The van der Waals surface area contributed by atoms with Crippen LogP contribution in [0.3, 0.4) is 0 Å². The molecule has 0 saturated heterocycles. The van der Waals surface area contributed by atoms with Crippen LogP contribution in [0.2, 0.25) is 0 Å². The Morgan fingerprint density at radius 2 is 1.95 bits per heavy atom. The SMILES string of the molecule is CC1CCC(Nc2ccc(N)cc2S(N)(=O)=O)C1C. The highest BCUT2D eigenvalue weighted by atomic mass is 32.2. The number of hydrogen-bond acceptors (Lipinski definition) is 4. The molecule has 0 aromatic heterocycles. The van der Waals surface area contributed by atoms with E-state index >= 15 is 0 Å². The molecular formula is C13H21N3O2S. The molecule has 1 fully saturated rings. The van der Waals surface area contributed by atoms with Gasteiger partial charge in [0, 0.05) is 11.7 Å². The van der Waals surface area contributed by atoms with Gasteiger partial charge in [0.25, 0.3) is 0 Å². The monoisotopic (exact) mass is 283 g/mol. The number of sulfonamides is 1. The van der Waals surface area contributed by atoms with E-state index in [0.717, 1.165) is 12.8 Å². The smallest absolute Gasteiger partial charge is 0.240 e. The van der Waals surface area contributed by atoms with Gasteiger partial charge in [0.15, 0.2) is 0 Å². The second-order valence-corrected chi connectivity index (χ2v) is 7.00. The summed E-state index contributed by atoms with van der Waals surface area (Å²) in [7, 11) is -3.77. The van der Waals surface area contributed by atoms with Crippen molar-refractivity contribution in [3.63, 3.8) is 0 Å². The molecule has 0 aliphatic heterocycles. The van der Waals surface area contributed by atoms with Crippen LogP contribution in [0.15, 0.2) is 23.1 Å². The van der Waals surface area contributed by atoms with Crippen LogP contribution in [0, 0.1) is 11.8 Å². The number of nitrogens with two attached hydrogens (primary N) is 2. The largest absolute Gasteiger partial charge is 0.399 e. The zero-order chi connectivity index (χ0) is 14.2. The Hall–Kier alpha value is -1.27. The van der Waals surface area contributed by atoms with Crippen molar-refractivity contribution in [3.05, 3.63) is 18.2 Å². The Morgan fingerprint density at radius 3 is 2.47 bits per heavy atom. The summed E-state index contributed by atoms with van der Waals surface area (Å²) in [5, 5.41) is 8.55.